The Morgan fingerprint density at radius 1 is 1.64 bits per heavy atom. The molecule has 0 N–H and O–H groups in total. The molecule has 0 amide bonds. The molecular formula is C9H16FN3O. The van der Waals surface area contributed by atoms with E-state index in [1.54, 1.807) is 0 Å². The van der Waals surface area contributed by atoms with E-state index in [4.69, 9.17) is 0 Å². The Balaban J connectivity index is 0.00000169. The van der Waals surface area contributed by atoms with Gasteiger partial charge >= 0.3 is 0 Å². The van der Waals surface area contributed by atoms with E-state index in [0.29, 0.717) is 5.69 Å². The summed E-state index contributed by atoms with van der Waals surface area (Å²) in [5, 5.41) is 7.01. The van der Waals surface area contributed by atoms with Crippen molar-refractivity contribution in [2.45, 2.75) is 34.5 Å². The smallest absolute Gasteiger partial charge is 0.183 e. The van der Waals surface area contributed by atoms with Crippen LogP contribution in [0, 0.1) is 5.92 Å². The summed E-state index contributed by atoms with van der Waals surface area (Å²) >= 11 is 0. The van der Waals surface area contributed by atoms with Gasteiger partial charge in [0.05, 0.1) is 18.3 Å². The van der Waals surface area contributed by atoms with Gasteiger partial charge in [-0.25, -0.2) is 9.07 Å². The number of hydrogen-bond donors (Lipinski definition) is 0. The summed E-state index contributed by atoms with van der Waals surface area (Å²) in [7, 11) is 0. The zero-order chi connectivity index (χ0) is 9.84. The second kappa shape index (κ2) is 5.47. The number of nitrogens with zero attached hydrogens (tertiary/aromatic N) is 3. The lowest BCUT2D eigenvalue weighted by atomic mass is 10.1. The number of hydrogen-bond acceptors (Lipinski definition) is 3. The van der Waals surface area contributed by atoms with Crippen LogP contribution < -0.4 is 0 Å². The van der Waals surface area contributed by atoms with Gasteiger partial charge in [-0.15, -0.1) is 5.10 Å². The highest BCUT2D eigenvalue weighted by atomic mass is 18.2. The number of alkyl halides is 1. The van der Waals surface area contributed by atoms with Crippen molar-refractivity contribution in [2.75, 3.05) is 0 Å². The summed E-state index contributed by atoms with van der Waals surface area (Å²) < 4.78 is 13.3. The maximum Gasteiger partial charge on any atom is 0.183 e. The van der Waals surface area contributed by atoms with Crippen molar-refractivity contribution in [3.8, 4) is 0 Å². The summed E-state index contributed by atoms with van der Waals surface area (Å²) in [4.78, 5) is 11.3. The summed E-state index contributed by atoms with van der Waals surface area (Å²) in [6.07, 6.45) is 1.62. The first-order valence-electron chi connectivity index (χ1n) is 4.11. The molecule has 1 aromatic rings. The number of carbonyl (C=O) groups excluding carboxylic acids is 1. The van der Waals surface area contributed by atoms with Gasteiger partial charge in [0.25, 0.3) is 0 Å². The third-order valence-electron chi connectivity index (χ3n) is 1.81. The number of halogens is 1. The Kier molecular flexibility index (Phi) is 4.97. The molecule has 0 spiro atoms. The molecule has 4 nitrogen and oxygen atoms in total. The molecule has 0 radical (unpaired) electrons. The first-order chi connectivity index (χ1) is 6.15. The quantitative estimate of drug-likeness (QED) is 0.741. The van der Waals surface area contributed by atoms with E-state index in [1.807, 2.05) is 13.8 Å². The SMILES string of the molecule is C.CC(C)C(=O)Cc1cnnn1C[18F]. The van der Waals surface area contributed by atoms with Crippen molar-refractivity contribution in [2.24, 2.45) is 5.92 Å². The predicted molar refractivity (Wildman–Crippen MR) is 51.4 cm³/mol. The van der Waals surface area contributed by atoms with Gasteiger partial charge in [0.1, 0.15) is 5.78 Å². The first-order valence-corrected chi connectivity index (χ1v) is 4.11. The normalized spacial score (nSPS) is 10.0. The Labute approximate surface area is 83.1 Å². The summed E-state index contributed by atoms with van der Waals surface area (Å²) in [6, 6.07) is 0. The van der Waals surface area contributed by atoms with Crippen LogP contribution in [0.15, 0.2) is 6.20 Å². The second-order valence-corrected chi connectivity index (χ2v) is 3.14. The van der Waals surface area contributed by atoms with E-state index in [0.717, 1.165) is 4.68 Å². The van der Waals surface area contributed by atoms with Gasteiger partial charge in [0.15, 0.2) is 6.80 Å². The molecule has 0 saturated heterocycles. The van der Waals surface area contributed by atoms with E-state index < -0.39 is 6.80 Å². The predicted octanol–water partition coefficient (Wildman–Crippen LogP) is 1.61. The fourth-order valence-electron chi connectivity index (χ4n) is 0.899. The van der Waals surface area contributed by atoms with Crippen LogP contribution >= 0.6 is 0 Å². The van der Waals surface area contributed by atoms with E-state index in [1.165, 1.54) is 6.20 Å². The molecular weight excluding hydrogens is 184 g/mol. The van der Waals surface area contributed by atoms with Gasteiger partial charge in [-0.1, -0.05) is 26.5 Å². The molecule has 80 valence electrons. The van der Waals surface area contributed by atoms with Crippen molar-refractivity contribution in [3.05, 3.63) is 11.9 Å². The largest absolute Gasteiger partial charge is 0.299 e. The van der Waals surface area contributed by atoms with E-state index >= 15 is 0 Å². The van der Waals surface area contributed by atoms with E-state index in [9.17, 15) is 9.18 Å². The second-order valence-electron chi connectivity index (χ2n) is 3.14. The Morgan fingerprint density at radius 3 is 2.79 bits per heavy atom. The topological polar surface area (TPSA) is 47.8 Å². The van der Waals surface area contributed by atoms with Gasteiger partial charge in [-0.05, 0) is 0 Å². The van der Waals surface area contributed by atoms with Crippen LogP contribution in [0.2, 0.25) is 0 Å². The number of aromatic nitrogens is 3. The number of carbonyl (C=O) groups is 1. The maximum absolute atomic E-state index is 12.2. The number of ketones is 1. The van der Waals surface area contributed by atoms with Gasteiger partial charge in [0, 0.05) is 5.92 Å². The third-order valence-corrected chi connectivity index (χ3v) is 1.81. The van der Waals surface area contributed by atoms with Gasteiger partial charge in [0.2, 0.25) is 0 Å². The molecule has 0 aliphatic carbocycles. The van der Waals surface area contributed by atoms with Crippen molar-refractivity contribution in [1.29, 1.82) is 0 Å². The van der Waals surface area contributed by atoms with Crippen LogP contribution in [0.1, 0.15) is 27.0 Å². The number of rotatable bonds is 4. The summed E-state index contributed by atoms with van der Waals surface area (Å²) in [5.74, 6) is 0.0277. The van der Waals surface area contributed by atoms with Crippen LogP contribution in [-0.4, -0.2) is 20.8 Å². The lowest BCUT2D eigenvalue weighted by Crippen LogP contribution is -2.13. The van der Waals surface area contributed by atoms with Crippen molar-refractivity contribution < 1.29 is 9.18 Å². The summed E-state index contributed by atoms with van der Waals surface area (Å²) in [5.41, 5.74) is 0.529. The van der Waals surface area contributed by atoms with Gasteiger partial charge in [-0.3, -0.25) is 4.79 Å². The molecule has 0 aromatic carbocycles. The molecule has 1 aromatic heterocycles. The summed E-state index contributed by atoms with van der Waals surface area (Å²) in [6.45, 7) is 2.89. The minimum absolute atomic E-state index is 0. The van der Waals surface area contributed by atoms with Crippen LogP contribution in [0.3, 0.4) is 0 Å². The molecule has 1 heterocycles. The van der Waals surface area contributed by atoms with Gasteiger partial charge in [-0.2, -0.15) is 0 Å². The van der Waals surface area contributed by atoms with Crippen molar-refractivity contribution in [3.63, 3.8) is 0 Å². The molecule has 0 aliphatic rings. The standard InChI is InChI=1S/C8H12FN3O.CH4/c1-6(2)8(13)3-7-4-10-11-12(7)5-9;/h4,6H,3,5H2,1-2H3;1H4/i9-1;. The molecule has 5 heteroatoms. The van der Waals surface area contributed by atoms with Crippen LogP contribution in [0.4, 0.5) is 4.39 Å². The van der Waals surface area contributed by atoms with Crippen molar-refractivity contribution >= 4 is 5.78 Å². The zero-order valence-electron chi connectivity index (χ0n) is 7.70. The molecule has 0 aliphatic heterocycles. The minimum atomic E-state index is -0.735. The van der Waals surface area contributed by atoms with E-state index in [-0.39, 0.29) is 25.5 Å². The third kappa shape index (κ3) is 2.90. The highest BCUT2D eigenvalue weighted by Gasteiger charge is 2.12. The number of Topliss-reactive ketones (excluding diaryl/α,β-unsaturated/α-hetero) is 1. The minimum Gasteiger partial charge on any atom is -0.299 e. The van der Waals surface area contributed by atoms with Crippen LogP contribution in [-0.2, 0) is 18.0 Å². The fraction of sp³-hybridized carbons (Fsp3) is 0.667. The zero-order valence-corrected chi connectivity index (χ0v) is 7.70. The Hall–Kier alpha value is -1.26. The molecule has 14 heavy (non-hydrogen) atoms. The van der Waals surface area contributed by atoms with Crippen LogP contribution in [0.25, 0.3) is 0 Å². The Morgan fingerprint density at radius 2 is 2.29 bits per heavy atom. The first kappa shape index (κ1) is 12.7. The van der Waals surface area contributed by atoms with Crippen LogP contribution in [0.5, 0.6) is 0 Å². The highest BCUT2D eigenvalue weighted by molar-refractivity contribution is 5.82. The molecule has 0 unspecified atom stereocenters. The molecule has 1 rings (SSSR count). The van der Waals surface area contributed by atoms with Gasteiger partial charge < -0.3 is 0 Å². The monoisotopic (exact) mass is 200 g/mol. The molecule has 0 bridgehead atoms. The molecule has 0 atom stereocenters. The molecule has 0 saturated carbocycles. The average Bonchev–Trinajstić information content (AvgIpc) is 2.51. The Bertz CT molecular complexity index is 296. The fourth-order valence-corrected chi connectivity index (χ4v) is 0.899. The highest BCUT2D eigenvalue weighted by Crippen LogP contribution is 2.04. The molecule has 0 fully saturated rings. The maximum atomic E-state index is 12.2. The average molecular weight is 200 g/mol. The van der Waals surface area contributed by atoms with Crippen molar-refractivity contribution in [1.82, 2.24) is 15.0 Å². The lowest BCUT2D eigenvalue weighted by molar-refractivity contribution is -0.121. The van der Waals surface area contributed by atoms with E-state index in [2.05, 4.69) is 10.3 Å². The lowest BCUT2D eigenvalue weighted by Gasteiger charge is -2.03.